The Morgan fingerprint density at radius 2 is 2.11 bits per heavy atom. The van der Waals surface area contributed by atoms with E-state index < -0.39 is 0 Å². The average molecular weight is 258 g/mol. The molecule has 2 aromatic rings. The van der Waals surface area contributed by atoms with Crippen LogP contribution in [0, 0.1) is 0 Å². The van der Waals surface area contributed by atoms with Crippen molar-refractivity contribution in [2.75, 3.05) is 19.3 Å². The van der Waals surface area contributed by atoms with E-state index in [1.807, 2.05) is 31.2 Å². The van der Waals surface area contributed by atoms with Crippen LogP contribution < -0.4 is 5.73 Å². The first-order valence-corrected chi connectivity index (χ1v) is 6.29. The lowest BCUT2D eigenvalue weighted by Gasteiger charge is -2.14. The molecule has 1 heterocycles. The van der Waals surface area contributed by atoms with Gasteiger partial charge in [-0.05, 0) is 24.6 Å². The van der Waals surface area contributed by atoms with Crippen LogP contribution in [0.25, 0.3) is 5.69 Å². The summed E-state index contributed by atoms with van der Waals surface area (Å²) in [6.45, 7) is 2.76. The quantitative estimate of drug-likeness (QED) is 0.852. The third-order valence-electron chi connectivity index (χ3n) is 2.90. The SMILES string of the molecule is CCCN(C)C(=O)c1ccn(-c2ccccc2N)n1. The zero-order valence-corrected chi connectivity index (χ0v) is 11.2. The largest absolute Gasteiger partial charge is 0.397 e. The van der Waals surface area contributed by atoms with Crippen molar-refractivity contribution in [3.63, 3.8) is 0 Å². The number of nitrogens with zero attached hydrogens (tertiary/aromatic N) is 3. The van der Waals surface area contributed by atoms with E-state index in [-0.39, 0.29) is 5.91 Å². The van der Waals surface area contributed by atoms with E-state index in [2.05, 4.69) is 5.10 Å². The number of carbonyl (C=O) groups is 1. The molecular formula is C14H18N4O. The lowest BCUT2D eigenvalue weighted by atomic mass is 10.3. The molecule has 2 rings (SSSR count). The van der Waals surface area contributed by atoms with Gasteiger partial charge in [0.2, 0.25) is 0 Å². The minimum Gasteiger partial charge on any atom is -0.397 e. The molecule has 0 aliphatic rings. The molecule has 0 unspecified atom stereocenters. The standard InChI is InChI=1S/C14H18N4O/c1-3-9-17(2)14(19)12-8-10-18(16-12)13-7-5-4-6-11(13)15/h4-8,10H,3,9,15H2,1-2H3. The molecule has 0 aliphatic carbocycles. The maximum absolute atomic E-state index is 12.1. The van der Waals surface area contributed by atoms with Gasteiger partial charge < -0.3 is 10.6 Å². The number of hydrogen-bond donors (Lipinski definition) is 1. The predicted octanol–water partition coefficient (Wildman–Crippen LogP) is 1.94. The number of nitrogen functional groups attached to an aromatic ring is 1. The minimum absolute atomic E-state index is 0.0740. The summed E-state index contributed by atoms with van der Waals surface area (Å²) in [7, 11) is 1.78. The molecule has 1 amide bonds. The van der Waals surface area contributed by atoms with E-state index in [0.29, 0.717) is 11.4 Å². The molecule has 100 valence electrons. The summed E-state index contributed by atoms with van der Waals surface area (Å²) >= 11 is 0. The second-order valence-electron chi connectivity index (χ2n) is 4.43. The van der Waals surface area contributed by atoms with Crippen LogP contribution in [0.15, 0.2) is 36.5 Å². The van der Waals surface area contributed by atoms with Gasteiger partial charge in [-0.1, -0.05) is 19.1 Å². The molecule has 1 aromatic heterocycles. The molecule has 0 fully saturated rings. The van der Waals surface area contributed by atoms with Crippen molar-refractivity contribution >= 4 is 11.6 Å². The maximum Gasteiger partial charge on any atom is 0.274 e. The molecule has 1 aromatic carbocycles. The molecule has 0 saturated carbocycles. The highest BCUT2D eigenvalue weighted by Crippen LogP contribution is 2.16. The Labute approximate surface area is 112 Å². The smallest absolute Gasteiger partial charge is 0.274 e. The van der Waals surface area contributed by atoms with Gasteiger partial charge in [0.1, 0.15) is 0 Å². The Kier molecular flexibility index (Phi) is 3.85. The first-order chi connectivity index (χ1) is 9.13. The lowest BCUT2D eigenvalue weighted by Crippen LogP contribution is -2.27. The summed E-state index contributed by atoms with van der Waals surface area (Å²) in [6.07, 6.45) is 2.67. The predicted molar refractivity (Wildman–Crippen MR) is 75.2 cm³/mol. The highest BCUT2D eigenvalue weighted by molar-refractivity contribution is 5.92. The first-order valence-electron chi connectivity index (χ1n) is 6.29. The van der Waals surface area contributed by atoms with Gasteiger partial charge in [0, 0.05) is 19.8 Å². The van der Waals surface area contributed by atoms with Gasteiger partial charge in [-0.15, -0.1) is 0 Å². The molecule has 5 nitrogen and oxygen atoms in total. The van der Waals surface area contributed by atoms with Crippen LogP contribution in [0.1, 0.15) is 23.8 Å². The Bertz CT molecular complexity index is 576. The number of benzene rings is 1. The van der Waals surface area contributed by atoms with Gasteiger partial charge >= 0.3 is 0 Å². The van der Waals surface area contributed by atoms with E-state index in [1.165, 1.54) is 0 Å². The van der Waals surface area contributed by atoms with Crippen molar-refractivity contribution in [1.29, 1.82) is 0 Å². The van der Waals surface area contributed by atoms with Crippen LogP contribution in [0.4, 0.5) is 5.69 Å². The highest BCUT2D eigenvalue weighted by Gasteiger charge is 2.14. The number of carbonyl (C=O) groups excluding carboxylic acids is 1. The summed E-state index contributed by atoms with van der Waals surface area (Å²) in [6, 6.07) is 9.14. The molecule has 0 spiro atoms. The van der Waals surface area contributed by atoms with E-state index in [4.69, 9.17) is 5.73 Å². The van der Waals surface area contributed by atoms with E-state index >= 15 is 0 Å². The van der Waals surface area contributed by atoms with Crippen LogP contribution in [0.3, 0.4) is 0 Å². The molecule has 0 bridgehead atoms. The molecule has 2 N–H and O–H groups in total. The van der Waals surface area contributed by atoms with Gasteiger partial charge in [-0.25, -0.2) is 4.68 Å². The van der Waals surface area contributed by atoms with E-state index in [0.717, 1.165) is 18.7 Å². The number of aromatic nitrogens is 2. The summed E-state index contributed by atoms with van der Waals surface area (Å²) in [5, 5.41) is 4.29. The van der Waals surface area contributed by atoms with Crippen LogP contribution in [0.5, 0.6) is 0 Å². The normalized spacial score (nSPS) is 10.4. The van der Waals surface area contributed by atoms with Gasteiger partial charge in [-0.3, -0.25) is 4.79 Å². The Morgan fingerprint density at radius 3 is 2.79 bits per heavy atom. The fourth-order valence-electron chi connectivity index (χ4n) is 1.90. The number of hydrogen-bond acceptors (Lipinski definition) is 3. The summed E-state index contributed by atoms with van der Waals surface area (Å²) < 4.78 is 1.63. The third kappa shape index (κ3) is 2.76. The van der Waals surface area contributed by atoms with Gasteiger partial charge in [0.15, 0.2) is 5.69 Å². The number of anilines is 1. The van der Waals surface area contributed by atoms with Crippen LogP contribution in [0.2, 0.25) is 0 Å². The van der Waals surface area contributed by atoms with Crippen molar-refractivity contribution in [2.24, 2.45) is 0 Å². The van der Waals surface area contributed by atoms with Crippen molar-refractivity contribution in [2.45, 2.75) is 13.3 Å². The maximum atomic E-state index is 12.1. The minimum atomic E-state index is -0.0740. The zero-order chi connectivity index (χ0) is 13.8. The van der Waals surface area contributed by atoms with Crippen molar-refractivity contribution < 1.29 is 4.79 Å². The van der Waals surface area contributed by atoms with Gasteiger partial charge in [0.05, 0.1) is 11.4 Å². The number of nitrogens with two attached hydrogens (primary N) is 1. The lowest BCUT2D eigenvalue weighted by molar-refractivity contribution is 0.0789. The highest BCUT2D eigenvalue weighted by atomic mass is 16.2. The van der Waals surface area contributed by atoms with Crippen molar-refractivity contribution in [1.82, 2.24) is 14.7 Å². The zero-order valence-electron chi connectivity index (χ0n) is 11.2. The molecule has 0 atom stereocenters. The second kappa shape index (κ2) is 5.56. The van der Waals surface area contributed by atoms with E-state index in [1.54, 1.807) is 28.9 Å². The van der Waals surface area contributed by atoms with Crippen LogP contribution in [-0.4, -0.2) is 34.2 Å². The molecule has 19 heavy (non-hydrogen) atoms. The van der Waals surface area contributed by atoms with Crippen LogP contribution in [-0.2, 0) is 0 Å². The molecule has 0 radical (unpaired) electrons. The van der Waals surface area contributed by atoms with Gasteiger partial charge in [-0.2, -0.15) is 5.10 Å². The topological polar surface area (TPSA) is 64.2 Å². The first kappa shape index (κ1) is 13.1. The number of para-hydroxylation sites is 2. The Hall–Kier alpha value is -2.30. The van der Waals surface area contributed by atoms with Gasteiger partial charge in [0.25, 0.3) is 5.91 Å². The van der Waals surface area contributed by atoms with E-state index in [9.17, 15) is 4.79 Å². The van der Waals surface area contributed by atoms with Crippen molar-refractivity contribution in [3.8, 4) is 5.69 Å². The Balaban J connectivity index is 2.25. The molecule has 0 saturated heterocycles. The number of rotatable bonds is 4. The number of amides is 1. The summed E-state index contributed by atoms with van der Waals surface area (Å²) in [4.78, 5) is 13.8. The third-order valence-corrected chi connectivity index (χ3v) is 2.90. The molecular weight excluding hydrogens is 240 g/mol. The van der Waals surface area contributed by atoms with Crippen LogP contribution >= 0.6 is 0 Å². The Morgan fingerprint density at radius 1 is 1.37 bits per heavy atom. The summed E-state index contributed by atoms with van der Waals surface area (Å²) in [5.74, 6) is -0.0740. The monoisotopic (exact) mass is 258 g/mol. The molecule has 5 heteroatoms. The fourth-order valence-corrected chi connectivity index (χ4v) is 1.90. The average Bonchev–Trinajstić information content (AvgIpc) is 2.88. The fraction of sp³-hybridized carbons (Fsp3) is 0.286. The second-order valence-corrected chi connectivity index (χ2v) is 4.43. The summed E-state index contributed by atoms with van der Waals surface area (Å²) in [5.41, 5.74) is 7.73. The van der Waals surface area contributed by atoms with Crippen molar-refractivity contribution in [3.05, 3.63) is 42.2 Å². The molecule has 0 aliphatic heterocycles.